The molecule has 1 aromatic heterocycles. The zero-order chi connectivity index (χ0) is 8.55. The summed E-state index contributed by atoms with van der Waals surface area (Å²) >= 11 is 0. The van der Waals surface area contributed by atoms with E-state index in [1.165, 1.54) is 16.5 Å². The molecule has 0 saturated carbocycles. The number of para-hydroxylation sites is 1. The molecule has 1 aromatic carbocycles. The Morgan fingerprint density at radius 1 is 1.42 bits per heavy atom. The molecule has 0 saturated heterocycles. The zero-order valence-electron chi connectivity index (χ0n) is 7.39. The van der Waals surface area contributed by atoms with Crippen molar-refractivity contribution in [1.82, 2.24) is 10.2 Å². The number of H-pyrrole nitrogens is 1. The van der Waals surface area contributed by atoms with Gasteiger partial charge < -0.3 is 0 Å². The van der Waals surface area contributed by atoms with E-state index in [0.29, 0.717) is 0 Å². The highest BCUT2D eigenvalue weighted by Gasteiger charge is 2.03. The minimum atomic E-state index is 0.990. The Labute approximate surface area is 71.6 Å². The standard InChI is InChI=1S/C10H12N2/c1-3-9-8-6-4-5-7(2)10(8)12-11-9/h4-6H,3H2,1-2H3,(H,11,12). The second-order valence-corrected chi connectivity index (χ2v) is 3.02. The van der Waals surface area contributed by atoms with Crippen LogP contribution < -0.4 is 0 Å². The van der Waals surface area contributed by atoms with E-state index in [2.05, 4.69) is 42.2 Å². The predicted molar refractivity (Wildman–Crippen MR) is 50.2 cm³/mol. The topological polar surface area (TPSA) is 28.7 Å². The number of aromatic nitrogens is 2. The van der Waals surface area contributed by atoms with Gasteiger partial charge in [-0.15, -0.1) is 0 Å². The normalized spacial score (nSPS) is 10.8. The van der Waals surface area contributed by atoms with Gasteiger partial charge in [-0.1, -0.05) is 25.1 Å². The lowest BCUT2D eigenvalue weighted by Gasteiger charge is -1.93. The first-order chi connectivity index (χ1) is 5.83. The third-order valence-corrected chi connectivity index (χ3v) is 2.22. The Morgan fingerprint density at radius 2 is 2.25 bits per heavy atom. The molecular weight excluding hydrogens is 148 g/mol. The molecule has 0 radical (unpaired) electrons. The monoisotopic (exact) mass is 160 g/mol. The molecule has 2 heteroatoms. The molecule has 12 heavy (non-hydrogen) atoms. The molecule has 1 heterocycles. The quantitative estimate of drug-likeness (QED) is 0.682. The molecule has 0 aliphatic rings. The second kappa shape index (κ2) is 2.63. The van der Waals surface area contributed by atoms with Crippen molar-refractivity contribution in [2.24, 2.45) is 0 Å². The lowest BCUT2D eigenvalue weighted by atomic mass is 10.1. The van der Waals surface area contributed by atoms with Crippen molar-refractivity contribution in [2.45, 2.75) is 20.3 Å². The summed E-state index contributed by atoms with van der Waals surface area (Å²) in [5.74, 6) is 0. The van der Waals surface area contributed by atoms with Gasteiger partial charge >= 0.3 is 0 Å². The van der Waals surface area contributed by atoms with E-state index in [-0.39, 0.29) is 0 Å². The van der Waals surface area contributed by atoms with E-state index in [1.54, 1.807) is 0 Å². The van der Waals surface area contributed by atoms with Crippen LogP contribution >= 0.6 is 0 Å². The van der Waals surface area contributed by atoms with Gasteiger partial charge in [0.15, 0.2) is 0 Å². The lowest BCUT2D eigenvalue weighted by Crippen LogP contribution is -1.78. The molecule has 0 atom stereocenters. The molecule has 1 N–H and O–H groups in total. The van der Waals surface area contributed by atoms with E-state index in [0.717, 1.165) is 12.1 Å². The van der Waals surface area contributed by atoms with Gasteiger partial charge in [-0.3, -0.25) is 5.10 Å². The molecule has 2 nitrogen and oxygen atoms in total. The fourth-order valence-corrected chi connectivity index (χ4v) is 1.51. The van der Waals surface area contributed by atoms with Crippen LogP contribution in [0.15, 0.2) is 18.2 Å². The van der Waals surface area contributed by atoms with Crippen LogP contribution in [0.1, 0.15) is 18.2 Å². The summed E-state index contributed by atoms with van der Waals surface area (Å²) in [4.78, 5) is 0. The van der Waals surface area contributed by atoms with Crippen molar-refractivity contribution < 1.29 is 0 Å². The van der Waals surface area contributed by atoms with Crippen molar-refractivity contribution in [3.05, 3.63) is 29.5 Å². The number of benzene rings is 1. The highest BCUT2D eigenvalue weighted by Crippen LogP contribution is 2.18. The minimum absolute atomic E-state index is 0.990. The highest BCUT2D eigenvalue weighted by atomic mass is 15.1. The second-order valence-electron chi connectivity index (χ2n) is 3.02. The van der Waals surface area contributed by atoms with Gasteiger partial charge in [-0.2, -0.15) is 5.10 Å². The van der Waals surface area contributed by atoms with E-state index < -0.39 is 0 Å². The van der Waals surface area contributed by atoms with Gasteiger partial charge in [0.2, 0.25) is 0 Å². The lowest BCUT2D eigenvalue weighted by molar-refractivity contribution is 0.987. The maximum atomic E-state index is 4.25. The third-order valence-electron chi connectivity index (χ3n) is 2.22. The molecule has 0 unspecified atom stereocenters. The van der Waals surface area contributed by atoms with Crippen LogP contribution in [-0.4, -0.2) is 10.2 Å². The molecular formula is C10H12N2. The molecule has 0 aliphatic heterocycles. The molecule has 0 bridgehead atoms. The van der Waals surface area contributed by atoms with Crippen molar-refractivity contribution in [3.8, 4) is 0 Å². The molecule has 2 aromatic rings. The van der Waals surface area contributed by atoms with Gasteiger partial charge in [0.1, 0.15) is 0 Å². The first-order valence-electron chi connectivity index (χ1n) is 4.25. The van der Waals surface area contributed by atoms with Gasteiger partial charge in [0, 0.05) is 5.39 Å². The summed E-state index contributed by atoms with van der Waals surface area (Å²) in [5.41, 5.74) is 3.60. The van der Waals surface area contributed by atoms with Crippen LogP contribution in [0.4, 0.5) is 0 Å². The summed E-state index contributed by atoms with van der Waals surface area (Å²) < 4.78 is 0. The predicted octanol–water partition coefficient (Wildman–Crippen LogP) is 2.43. The number of rotatable bonds is 1. The van der Waals surface area contributed by atoms with Crippen LogP contribution in [0.5, 0.6) is 0 Å². The van der Waals surface area contributed by atoms with Crippen LogP contribution in [-0.2, 0) is 6.42 Å². The van der Waals surface area contributed by atoms with Crippen molar-refractivity contribution in [2.75, 3.05) is 0 Å². The first kappa shape index (κ1) is 7.35. The van der Waals surface area contributed by atoms with Crippen LogP contribution in [0.2, 0.25) is 0 Å². The number of nitrogens with zero attached hydrogens (tertiary/aromatic N) is 1. The van der Waals surface area contributed by atoms with Crippen molar-refractivity contribution >= 4 is 10.9 Å². The van der Waals surface area contributed by atoms with Gasteiger partial charge in [0.05, 0.1) is 11.2 Å². The van der Waals surface area contributed by atoms with Crippen molar-refractivity contribution in [3.63, 3.8) is 0 Å². The zero-order valence-corrected chi connectivity index (χ0v) is 7.39. The Hall–Kier alpha value is -1.31. The Bertz CT molecular complexity index is 401. The Morgan fingerprint density at radius 3 is 3.00 bits per heavy atom. The van der Waals surface area contributed by atoms with Crippen LogP contribution in [0.3, 0.4) is 0 Å². The Balaban J connectivity index is 2.80. The summed E-state index contributed by atoms with van der Waals surface area (Å²) in [6.45, 7) is 4.22. The maximum absolute atomic E-state index is 4.25. The molecule has 0 aliphatic carbocycles. The first-order valence-corrected chi connectivity index (χ1v) is 4.25. The number of hydrogen-bond acceptors (Lipinski definition) is 1. The Kier molecular flexibility index (Phi) is 1.61. The van der Waals surface area contributed by atoms with E-state index in [9.17, 15) is 0 Å². The fraction of sp³-hybridized carbons (Fsp3) is 0.300. The number of hydrogen-bond donors (Lipinski definition) is 1. The smallest absolute Gasteiger partial charge is 0.0698 e. The average Bonchev–Trinajstić information content (AvgIpc) is 2.49. The molecule has 0 amide bonds. The molecule has 2 rings (SSSR count). The molecule has 62 valence electrons. The van der Waals surface area contributed by atoms with E-state index >= 15 is 0 Å². The SMILES string of the molecule is CCc1n[nH]c2c(C)cccc12. The molecule has 0 fully saturated rings. The van der Waals surface area contributed by atoms with Crippen molar-refractivity contribution in [1.29, 1.82) is 0 Å². The summed E-state index contributed by atoms with van der Waals surface area (Å²) in [6.07, 6.45) is 0.990. The largest absolute Gasteiger partial charge is 0.277 e. The minimum Gasteiger partial charge on any atom is -0.277 e. The average molecular weight is 160 g/mol. The van der Waals surface area contributed by atoms with Crippen LogP contribution in [0, 0.1) is 6.92 Å². The fourth-order valence-electron chi connectivity index (χ4n) is 1.51. The maximum Gasteiger partial charge on any atom is 0.0698 e. The summed E-state index contributed by atoms with van der Waals surface area (Å²) in [5, 5.41) is 8.57. The molecule has 0 spiro atoms. The summed E-state index contributed by atoms with van der Waals surface area (Å²) in [6, 6.07) is 6.29. The van der Waals surface area contributed by atoms with E-state index in [1.807, 2.05) is 0 Å². The number of aromatic amines is 1. The third kappa shape index (κ3) is 0.916. The number of fused-ring (bicyclic) bond motifs is 1. The number of nitrogens with one attached hydrogen (secondary N) is 1. The number of aryl methyl sites for hydroxylation is 2. The van der Waals surface area contributed by atoms with Gasteiger partial charge in [-0.25, -0.2) is 0 Å². The van der Waals surface area contributed by atoms with Crippen LogP contribution in [0.25, 0.3) is 10.9 Å². The van der Waals surface area contributed by atoms with E-state index in [4.69, 9.17) is 0 Å². The van der Waals surface area contributed by atoms with Gasteiger partial charge in [-0.05, 0) is 18.9 Å². The van der Waals surface area contributed by atoms with Gasteiger partial charge in [0.25, 0.3) is 0 Å². The highest BCUT2D eigenvalue weighted by molar-refractivity contribution is 5.84. The summed E-state index contributed by atoms with van der Waals surface area (Å²) in [7, 11) is 0.